The Morgan fingerprint density at radius 1 is 0.400 bits per heavy atom. The van der Waals surface area contributed by atoms with Gasteiger partial charge in [0, 0.05) is 89.6 Å². The summed E-state index contributed by atoms with van der Waals surface area (Å²) in [6, 6.07) is 8.41. The molecule has 0 amide bonds. The standard InChI is InChI=1S/C60H82N12O8/c1-64(2)26-16-25-63-45-37-42-48-49-41(56(76)72(60(80)52(45)49)34-20-30-68(9)10)36-44(51(48)59(79)71(57(42)77)33-19-29-67(7)8)62-24-15-13-11-12-14-23-61-43-35-40-46-38(53(73)69(55(40)75)31-17-27-65(3)4)21-22-39-47(46)50(43)58(78)70(54(39)74)32-18-28-66(5)6/h21-22,35-37,62,74,76H,11-20,23-34H2,1-10H3. The fourth-order valence-electron chi connectivity index (χ4n) is 11.4. The number of aromatic hydroxyl groups is 2. The molecule has 430 valence electrons. The zero-order valence-electron chi connectivity index (χ0n) is 48.7. The predicted molar refractivity (Wildman–Crippen MR) is 322 cm³/mol. The van der Waals surface area contributed by atoms with Crippen LogP contribution in [0.4, 0.5) is 5.69 Å². The van der Waals surface area contributed by atoms with E-state index >= 15 is 0 Å². The monoisotopic (exact) mass is 1100 g/mol. The second kappa shape index (κ2) is 25.7. The van der Waals surface area contributed by atoms with Gasteiger partial charge >= 0.3 is 0 Å². The van der Waals surface area contributed by atoms with Crippen LogP contribution in [-0.2, 0) is 26.2 Å². The maximum atomic E-state index is 14.7. The maximum absolute atomic E-state index is 14.7. The van der Waals surface area contributed by atoms with Gasteiger partial charge in [0.1, 0.15) is 0 Å². The van der Waals surface area contributed by atoms with E-state index in [2.05, 4.69) is 10.2 Å². The van der Waals surface area contributed by atoms with E-state index in [1.54, 1.807) is 30.3 Å². The van der Waals surface area contributed by atoms with Crippen LogP contribution in [0.15, 0.2) is 69.1 Å². The fraction of sp³-hybridized carbons (Fsp3) is 0.533. The van der Waals surface area contributed by atoms with Crippen LogP contribution in [0.1, 0.15) is 64.2 Å². The smallest absolute Gasteiger partial charge is 0.263 e. The summed E-state index contributed by atoms with van der Waals surface area (Å²) in [5.41, 5.74) is -0.844. The van der Waals surface area contributed by atoms with Crippen molar-refractivity contribution in [2.45, 2.75) is 90.4 Å². The lowest BCUT2D eigenvalue weighted by molar-refractivity contribution is 0.365. The molecule has 8 rings (SSSR count). The number of nitrogens with one attached hydrogen (secondary N) is 1. The third-order valence-corrected chi connectivity index (χ3v) is 15.4. The fourth-order valence-corrected chi connectivity index (χ4v) is 11.4. The number of hydrogen-bond donors (Lipinski definition) is 3. The summed E-state index contributed by atoms with van der Waals surface area (Å²) in [5.74, 6) is -0.426. The van der Waals surface area contributed by atoms with Gasteiger partial charge in [-0.2, -0.15) is 0 Å². The van der Waals surface area contributed by atoms with Crippen LogP contribution in [-0.4, -0.2) is 176 Å². The maximum Gasteiger partial charge on any atom is 0.263 e. The van der Waals surface area contributed by atoms with Crippen molar-refractivity contribution >= 4 is 48.8 Å². The molecular weight excluding hydrogens is 1020 g/mol. The number of benzene rings is 4. The molecule has 4 aliphatic rings. The van der Waals surface area contributed by atoms with E-state index in [9.17, 15) is 39.0 Å². The van der Waals surface area contributed by atoms with Crippen LogP contribution in [0.3, 0.4) is 0 Å². The summed E-state index contributed by atoms with van der Waals surface area (Å²) in [7, 11) is 19.5. The van der Waals surface area contributed by atoms with Gasteiger partial charge in [-0.25, -0.2) is 0 Å². The average molecular weight is 1100 g/mol. The van der Waals surface area contributed by atoms with Gasteiger partial charge in [0.25, 0.3) is 33.4 Å². The first-order valence-electron chi connectivity index (χ1n) is 28.4. The number of unbranched alkanes of at least 4 members (excludes halogenated alkanes) is 4. The zero-order valence-corrected chi connectivity index (χ0v) is 48.7. The Morgan fingerprint density at radius 2 is 0.800 bits per heavy atom. The van der Waals surface area contributed by atoms with Gasteiger partial charge in [0.15, 0.2) is 0 Å². The molecule has 0 bridgehead atoms. The lowest BCUT2D eigenvalue weighted by Gasteiger charge is -2.22. The van der Waals surface area contributed by atoms with E-state index in [0.29, 0.717) is 138 Å². The first-order chi connectivity index (χ1) is 38.2. The molecule has 0 saturated carbocycles. The molecule has 2 aromatic carbocycles. The van der Waals surface area contributed by atoms with Gasteiger partial charge in [-0.1, -0.05) is 19.3 Å². The quantitative estimate of drug-likeness (QED) is 0.0451. The van der Waals surface area contributed by atoms with Crippen LogP contribution in [0.25, 0.3) is 65.3 Å². The van der Waals surface area contributed by atoms with E-state index in [1.165, 1.54) is 18.3 Å². The summed E-state index contributed by atoms with van der Waals surface area (Å²) < 4.78 is 5.35. The molecule has 4 aromatic rings. The molecule has 0 fully saturated rings. The Bertz CT molecular complexity index is 3900. The number of pyridine rings is 4. The van der Waals surface area contributed by atoms with E-state index in [0.717, 1.165) is 38.6 Å². The van der Waals surface area contributed by atoms with Gasteiger partial charge in [0.05, 0.1) is 38.0 Å². The molecular formula is C60H82N12O8. The SMILES string of the molecule is CN(C)CCCN=c1cc2c(=O)n(CCCN(C)C)c(=O)c3c(NCCCCCCCN=c4cc5c(=O)n(CCCN(C)C)c(=O)c6ccc7c(O)n(CCCN(C)C)c(=O)c4c7c6-5)cc4c(O)n(CCCN(C)C)c(=O)c1c4c3-2. The van der Waals surface area contributed by atoms with Gasteiger partial charge in [-0.05, 0) is 178 Å². The third kappa shape index (κ3) is 12.2. The molecule has 80 heavy (non-hydrogen) atoms. The first kappa shape index (κ1) is 59.3. The molecule has 4 heterocycles. The number of aromatic nitrogens is 4. The van der Waals surface area contributed by atoms with Crippen LogP contribution in [0, 0.1) is 0 Å². The minimum Gasteiger partial charge on any atom is -0.494 e. The highest BCUT2D eigenvalue weighted by Gasteiger charge is 2.30. The summed E-state index contributed by atoms with van der Waals surface area (Å²) >= 11 is 0. The highest BCUT2D eigenvalue weighted by atomic mass is 16.3. The molecule has 0 spiro atoms. The first-order valence-corrected chi connectivity index (χ1v) is 28.4. The predicted octanol–water partition coefficient (Wildman–Crippen LogP) is 3.66. The zero-order chi connectivity index (χ0) is 57.7. The lowest BCUT2D eigenvalue weighted by atomic mass is 9.89. The van der Waals surface area contributed by atoms with Crippen molar-refractivity contribution in [2.75, 3.05) is 128 Å². The molecule has 3 N–H and O–H groups in total. The van der Waals surface area contributed by atoms with Crippen LogP contribution in [0.2, 0.25) is 0 Å². The highest BCUT2D eigenvalue weighted by Crippen LogP contribution is 2.41. The van der Waals surface area contributed by atoms with Crippen LogP contribution < -0.4 is 49.4 Å². The van der Waals surface area contributed by atoms with E-state index in [4.69, 9.17) is 9.98 Å². The average Bonchev–Trinajstić information content (AvgIpc) is 3.55. The second-order valence-electron chi connectivity index (χ2n) is 23.0. The Morgan fingerprint density at radius 3 is 1.32 bits per heavy atom. The number of anilines is 1. The van der Waals surface area contributed by atoms with Crippen molar-refractivity contribution in [3.05, 3.63) is 103 Å². The van der Waals surface area contributed by atoms with E-state index in [1.807, 2.05) is 90.1 Å². The van der Waals surface area contributed by atoms with Crippen molar-refractivity contribution in [3.8, 4) is 34.0 Å². The summed E-state index contributed by atoms with van der Waals surface area (Å²) in [4.78, 5) is 107. The molecule has 0 unspecified atom stereocenters. The summed E-state index contributed by atoms with van der Waals surface area (Å²) in [6.07, 6.45) is 6.97. The van der Waals surface area contributed by atoms with E-state index < -0.39 is 33.4 Å². The Hall–Kier alpha value is -6.84. The molecule has 0 saturated heterocycles. The highest BCUT2D eigenvalue weighted by molar-refractivity contribution is 6.19. The molecule has 0 atom stereocenters. The molecule has 20 heteroatoms. The Labute approximate surface area is 465 Å². The molecule has 2 aliphatic heterocycles. The van der Waals surface area contributed by atoms with Gasteiger partial charge in [0.2, 0.25) is 11.8 Å². The van der Waals surface area contributed by atoms with Crippen molar-refractivity contribution in [2.24, 2.45) is 9.98 Å². The van der Waals surface area contributed by atoms with Crippen molar-refractivity contribution in [3.63, 3.8) is 0 Å². The molecule has 20 nitrogen and oxygen atoms in total. The van der Waals surface area contributed by atoms with Crippen molar-refractivity contribution in [1.82, 2.24) is 42.8 Å². The van der Waals surface area contributed by atoms with Gasteiger partial charge in [-0.3, -0.25) is 57.0 Å². The normalized spacial score (nSPS) is 13.1. The molecule has 0 radical (unpaired) electrons. The Kier molecular flexibility index (Phi) is 19.1. The van der Waals surface area contributed by atoms with Gasteiger partial charge in [-0.15, -0.1) is 0 Å². The summed E-state index contributed by atoms with van der Waals surface area (Å²) in [6.45, 7) is 5.72. The summed E-state index contributed by atoms with van der Waals surface area (Å²) in [5, 5.41) is 30.6. The lowest BCUT2D eigenvalue weighted by Crippen LogP contribution is -2.37. The second-order valence-corrected chi connectivity index (χ2v) is 23.0. The minimum atomic E-state index is -0.453. The molecule has 2 aliphatic carbocycles. The van der Waals surface area contributed by atoms with Gasteiger partial charge < -0.3 is 40.0 Å². The van der Waals surface area contributed by atoms with Crippen LogP contribution in [0.5, 0.6) is 11.8 Å². The topological polar surface area (TPSA) is 216 Å². The minimum absolute atomic E-state index is 0.200. The Balaban J connectivity index is 1.08. The van der Waals surface area contributed by atoms with Crippen LogP contribution >= 0.6 is 0 Å². The third-order valence-electron chi connectivity index (χ3n) is 15.4. The number of rotatable bonds is 29. The number of nitrogens with zero attached hydrogens (tertiary/aromatic N) is 11. The van der Waals surface area contributed by atoms with Crippen molar-refractivity contribution in [1.29, 1.82) is 0 Å². The number of hydrogen-bond acceptors (Lipinski definition) is 16. The van der Waals surface area contributed by atoms with E-state index in [-0.39, 0.29) is 59.8 Å². The largest absolute Gasteiger partial charge is 0.494 e. The molecule has 2 aromatic heterocycles. The van der Waals surface area contributed by atoms with Crippen molar-refractivity contribution < 1.29 is 10.2 Å².